The highest BCUT2D eigenvalue weighted by Gasteiger charge is 2.35. The molecule has 134 valence electrons. The number of benzene rings is 2. The number of ether oxygens (including phenoxy) is 2. The fraction of sp³-hybridized carbons (Fsp3) is 0.158. The molecule has 26 heavy (non-hydrogen) atoms. The second-order valence-corrected chi connectivity index (χ2v) is 5.29. The Bertz CT molecular complexity index is 771. The van der Waals surface area contributed by atoms with Gasteiger partial charge in [-0.3, -0.25) is 9.59 Å². The van der Waals surface area contributed by atoms with Gasteiger partial charge in [0.15, 0.2) is 11.9 Å². The molecule has 0 amide bonds. The molecule has 0 bridgehead atoms. The van der Waals surface area contributed by atoms with Gasteiger partial charge in [-0.15, -0.1) is 0 Å². The van der Waals surface area contributed by atoms with Crippen molar-refractivity contribution < 1.29 is 33.8 Å². The number of carboxylic acid groups (broad SMARTS) is 1. The summed E-state index contributed by atoms with van der Waals surface area (Å²) >= 11 is 0. The van der Waals surface area contributed by atoms with Crippen LogP contribution in [0.2, 0.25) is 0 Å². The van der Waals surface area contributed by atoms with E-state index >= 15 is 0 Å². The van der Waals surface area contributed by atoms with Gasteiger partial charge in [0, 0.05) is 5.56 Å². The first-order chi connectivity index (χ1) is 12.5. The maximum absolute atomic E-state index is 12.3. The minimum atomic E-state index is -1.82. The van der Waals surface area contributed by atoms with Gasteiger partial charge in [-0.25, -0.2) is 9.59 Å². The minimum absolute atomic E-state index is 0.0230. The summed E-state index contributed by atoms with van der Waals surface area (Å²) in [6, 6.07) is 15.9. The van der Waals surface area contributed by atoms with Gasteiger partial charge >= 0.3 is 11.9 Å². The maximum atomic E-state index is 12.3. The van der Waals surface area contributed by atoms with Crippen LogP contribution in [-0.4, -0.2) is 41.5 Å². The van der Waals surface area contributed by atoms with Crippen LogP contribution in [0.3, 0.4) is 0 Å². The van der Waals surface area contributed by atoms with Gasteiger partial charge in [-0.05, 0) is 12.1 Å². The summed E-state index contributed by atoms with van der Waals surface area (Å²) in [5, 5.41) is 9.37. The lowest BCUT2D eigenvalue weighted by atomic mass is 10.0. The summed E-state index contributed by atoms with van der Waals surface area (Å²) < 4.78 is 9.71. The molecular formula is C19H16O7. The van der Waals surface area contributed by atoms with Gasteiger partial charge in [0.2, 0.25) is 6.10 Å². The molecular weight excluding hydrogens is 340 g/mol. The van der Waals surface area contributed by atoms with E-state index in [0.717, 1.165) is 0 Å². The van der Waals surface area contributed by atoms with Crippen molar-refractivity contribution in [3.05, 3.63) is 71.8 Å². The normalized spacial score (nSPS) is 12.5. The monoisotopic (exact) mass is 356 g/mol. The number of hydrogen-bond donors (Lipinski definition) is 1. The largest absolute Gasteiger partial charge is 0.478 e. The lowest BCUT2D eigenvalue weighted by Gasteiger charge is -2.22. The Morgan fingerprint density at radius 1 is 0.923 bits per heavy atom. The van der Waals surface area contributed by atoms with Crippen molar-refractivity contribution in [2.45, 2.75) is 18.6 Å². The van der Waals surface area contributed by atoms with E-state index in [2.05, 4.69) is 0 Å². The first kappa shape index (κ1) is 18.9. The summed E-state index contributed by atoms with van der Waals surface area (Å²) in [7, 11) is 0. The average molecular weight is 356 g/mol. The molecule has 7 heteroatoms. The second-order valence-electron chi connectivity index (χ2n) is 5.29. The molecule has 0 aliphatic rings. The number of carboxylic acids is 1. The number of rotatable bonds is 9. The Kier molecular flexibility index (Phi) is 6.61. The van der Waals surface area contributed by atoms with E-state index in [1.54, 1.807) is 48.5 Å². The zero-order valence-electron chi connectivity index (χ0n) is 13.6. The zero-order chi connectivity index (χ0) is 18.9. The molecule has 0 aliphatic heterocycles. The number of ketones is 1. The standard InChI is InChI=1S/C19H16O7/c20-12-25-16(11-15(21)13-7-3-1-4-8-13)17(18(22)23)26-19(24)14-9-5-2-6-10-14/h1-10,12,16-17H,11H2,(H,22,23)/t16-,17-/m0/s1. The van der Waals surface area contributed by atoms with Crippen molar-refractivity contribution in [2.75, 3.05) is 0 Å². The molecule has 2 atom stereocenters. The van der Waals surface area contributed by atoms with Gasteiger partial charge in [0.05, 0.1) is 12.0 Å². The average Bonchev–Trinajstić information content (AvgIpc) is 2.66. The Labute approximate surface area is 149 Å². The second kappa shape index (κ2) is 9.12. The topological polar surface area (TPSA) is 107 Å². The number of esters is 1. The quantitative estimate of drug-likeness (QED) is 0.416. The molecule has 2 aromatic rings. The minimum Gasteiger partial charge on any atom is -0.478 e. The summed E-state index contributed by atoms with van der Waals surface area (Å²) in [4.78, 5) is 46.7. The Hall–Kier alpha value is -3.48. The van der Waals surface area contributed by atoms with E-state index in [4.69, 9.17) is 9.47 Å². The highest BCUT2D eigenvalue weighted by molar-refractivity contribution is 5.97. The number of carbonyl (C=O) groups excluding carboxylic acids is 3. The third kappa shape index (κ3) is 5.01. The molecule has 2 aromatic carbocycles. The molecule has 0 saturated heterocycles. The highest BCUT2D eigenvalue weighted by atomic mass is 16.6. The molecule has 7 nitrogen and oxygen atoms in total. The first-order valence-electron chi connectivity index (χ1n) is 7.69. The smallest absolute Gasteiger partial charge is 0.349 e. The van der Waals surface area contributed by atoms with Crippen LogP contribution in [0.25, 0.3) is 0 Å². The van der Waals surface area contributed by atoms with Crippen LogP contribution in [0.5, 0.6) is 0 Å². The van der Waals surface area contributed by atoms with E-state index in [1.165, 1.54) is 12.1 Å². The number of aliphatic carboxylic acids is 1. The third-order valence-electron chi connectivity index (χ3n) is 3.54. The molecule has 0 heterocycles. The van der Waals surface area contributed by atoms with Gasteiger partial charge < -0.3 is 14.6 Å². The Balaban J connectivity index is 2.17. The number of carbonyl (C=O) groups is 4. The summed E-state index contributed by atoms with van der Waals surface area (Å²) in [5.41, 5.74) is 0.462. The van der Waals surface area contributed by atoms with Gasteiger partial charge in [-0.1, -0.05) is 48.5 Å². The van der Waals surface area contributed by atoms with Crippen molar-refractivity contribution in [1.82, 2.24) is 0 Å². The van der Waals surface area contributed by atoms with Crippen LogP contribution < -0.4 is 0 Å². The van der Waals surface area contributed by atoms with E-state index in [-0.39, 0.29) is 12.0 Å². The van der Waals surface area contributed by atoms with Crippen LogP contribution in [0.15, 0.2) is 60.7 Å². The maximum Gasteiger partial charge on any atom is 0.349 e. The van der Waals surface area contributed by atoms with E-state index in [1.807, 2.05) is 0 Å². The molecule has 2 rings (SSSR count). The Morgan fingerprint density at radius 3 is 1.96 bits per heavy atom. The van der Waals surface area contributed by atoms with Crippen LogP contribution in [0.4, 0.5) is 0 Å². The number of hydrogen-bond acceptors (Lipinski definition) is 6. The molecule has 0 unspecified atom stereocenters. The summed E-state index contributed by atoms with van der Waals surface area (Å²) in [5.74, 6) is -2.87. The molecule has 0 fully saturated rings. The first-order valence-corrected chi connectivity index (χ1v) is 7.69. The van der Waals surface area contributed by atoms with Crippen LogP contribution in [0.1, 0.15) is 27.1 Å². The molecule has 1 N–H and O–H groups in total. The lowest BCUT2D eigenvalue weighted by Crippen LogP contribution is -2.41. The fourth-order valence-corrected chi connectivity index (χ4v) is 2.27. The van der Waals surface area contributed by atoms with Gasteiger partial charge in [-0.2, -0.15) is 0 Å². The van der Waals surface area contributed by atoms with Crippen LogP contribution in [-0.2, 0) is 19.1 Å². The molecule has 0 radical (unpaired) electrons. The summed E-state index contributed by atoms with van der Waals surface area (Å²) in [6.45, 7) is 0.0230. The van der Waals surface area contributed by atoms with Crippen molar-refractivity contribution in [1.29, 1.82) is 0 Å². The predicted octanol–water partition coefficient (Wildman–Crippen LogP) is 2.11. The van der Waals surface area contributed by atoms with Crippen LogP contribution in [0, 0.1) is 0 Å². The molecule has 0 spiro atoms. The molecule has 0 saturated carbocycles. The highest BCUT2D eigenvalue weighted by Crippen LogP contribution is 2.15. The van der Waals surface area contributed by atoms with E-state index < -0.39 is 36.4 Å². The third-order valence-corrected chi connectivity index (χ3v) is 3.54. The summed E-state index contributed by atoms with van der Waals surface area (Å²) in [6.07, 6.45) is -3.71. The van der Waals surface area contributed by atoms with E-state index in [0.29, 0.717) is 5.56 Å². The van der Waals surface area contributed by atoms with Crippen LogP contribution >= 0.6 is 0 Å². The number of Topliss-reactive ketones (excluding diaryl/α,β-unsaturated/α-hetero) is 1. The molecule has 0 aromatic heterocycles. The van der Waals surface area contributed by atoms with Crippen molar-refractivity contribution in [3.63, 3.8) is 0 Å². The van der Waals surface area contributed by atoms with Crippen molar-refractivity contribution in [2.24, 2.45) is 0 Å². The van der Waals surface area contributed by atoms with Gasteiger partial charge in [0.25, 0.3) is 6.47 Å². The SMILES string of the molecule is O=CO[C@@H](CC(=O)c1ccccc1)[C@H](OC(=O)c1ccccc1)C(=O)O. The Morgan fingerprint density at radius 2 is 1.46 bits per heavy atom. The van der Waals surface area contributed by atoms with E-state index in [9.17, 15) is 24.3 Å². The van der Waals surface area contributed by atoms with Crippen molar-refractivity contribution in [3.8, 4) is 0 Å². The fourth-order valence-electron chi connectivity index (χ4n) is 2.27. The lowest BCUT2D eigenvalue weighted by molar-refractivity contribution is -0.159. The predicted molar refractivity (Wildman–Crippen MR) is 89.6 cm³/mol. The molecule has 0 aliphatic carbocycles. The zero-order valence-corrected chi connectivity index (χ0v) is 13.6. The van der Waals surface area contributed by atoms with Crippen molar-refractivity contribution >= 4 is 24.2 Å². The van der Waals surface area contributed by atoms with Gasteiger partial charge in [0.1, 0.15) is 0 Å².